The predicted molar refractivity (Wildman–Crippen MR) is 80.1 cm³/mol. The second kappa shape index (κ2) is 5.85. The number of hydrogen-bond donors (Lipinski definition) is 2. The van der Waals surface area contributed by atoms with Crippen molar-refractivity contribution in [1.82, 2.24) is 9.78 Å². The normalized spacial score (nSPS) is 10.2. The standard InChI is InChI=1S/C13H15N5O2S/c1-7-8(6-17-18(7)2)5-16-12-10(13(19)20-3)11(15)9(4-14)21-12/h6,16H,5,15H2,1-3H3. The summed E-state index contributed by atoms with van der Waals surface area (Å²) in [6, 6.07) is 1.98. The van der Waals surface area contributed by atoms with Gasteiger partial charge in [0.05, 0.1) is 19.0 Å². The summed E-state index contributed by atoms with van der Waals surface area (Å²) < 4.78 is 6.48. The van der Waals surface area contributed by atoms with Crippen LogP contribution in [0.3, 0.4) is 0 Å². The molecule has 0 bridgehead atoms. The number of methoxy groups -OCH3 is 1. The topological polar surface area (TPSA) is 106 Å². The van der Waals surface area contributed by atoms with Crippen molar-refractivity contribution in [2.75, 3.05) is 18.2 Å². The number of esters is 1. The van der Waals surface area contributed by atoms with Gasteiger partial charge in [0.15, 0.2) is 0 Å². The molecule has 2 heterocycles. The van der Waals surface area contributed by atoms with E-state index < -0.39 is 5.97 Å². The Morgan fingerprint density at radius 1 is 1.67 bits per heavy atom. The number of rotatable bonds is 4. The molecule has 0 fully saturated rings. The van der Waals surface area contributed by atoms with Gasteiger partial charge in [0.2, 0.25) is 0 Å². The van der Waals surface area contributed by atoms with Crippen molar-refractivity contribution in [3.05, 3.63) is 27.9 Å². The van der Waals surface area contributed by atoms with Crippen LogP contribution in [0.25, 0.3) is 0 Å². The molecule has 2 aromatic heterocycles. The molecule has 0 aliphatic carbocycles. The Morgan fingerprint density at radius 2 is 2.38 bits per heavy atom. The van der Waals surface area contributed by atoms with Gasteiger partial charge in [-0.05, 0) is 6.92 Å². The van der Waals surface area contributed by atoms with Gasteiger partial charge in [0.1, 0.15) is 21.5 Å². The number of nitrogens with one attached hydrogen (secondary N) is 1. The minimum atomic E-state index is -0.560. The van der Waals surface area contributed by atoms with Crippen LogP contribution in [-0.4, -0.2) is 22.9 Å². The molecule has 0 saturated heterocycles. The molecule has 0 aromatic carbocycles. The molecule has 3 N–H and O–H groups in total. The number of aromatic nitrogens is 2. The zero-order chi connectivity index (χ0) is 15.6. The third-order valence-electron chi connectivity index (χ3n) is 3.21. The van der Waals surface area contributed by atoms with Crippen molar-refractivity contribution >= 4 is 28.0 Å². The van der Waals surface area contributed by atoms with Gasteiger partial charge in [-0.1, -0.05) is 0 Å². The average molecular weight is 305 g/mol. The minimum absolute atomic E-state index is 0.153. The highest BCUT2D eigenvalue weighted by Gasteiger charge is 2.22. The Kier molecular flexibility index (Phi) is 4.14. The van der Waals surface area contributed by atoms with Crippen LogP contribution in [0.15, 0.2) is 6.20 Å². The van der Waals surface area contributed by atoms with E-state index in [0.717, 1.165) is 22.6 Å². The molecule has 21 heavy (non-hydrogen) atoms. The van der Waals surface area contributed by atoms with Gasteiger partial charge >= 0.3 is 5.97 Å². The van der Waals surface area contributed by atoms with Gasteiger partial charge in [-0.15, -0.1) is 11.3 Å². The predicted octanol–water partition coefficient (Wildman–Crippen LogP) is 1.64. The number of nitriles is 1. The van der Waals surface area contributed by atoms with Crippen molar-refractivity contribution < 1.29 is 9.53 Å². The van der Waals surface area contributed by atoms with Gasteiger partial charge < -0.3 is 15.8 Å². The van der Waals surface area contributed by atoms with Gasteiger partial charge in [-0.25, -0.2) is 4.79 Å². The number of carbonyl (C=O) groups is 1. The monoisotopic (exact) mass is 305 g/mol. The van der Waals surface area contributed by atoms with Gasteiger partial charge in [-0.3, -0.25) is 4.68 Å². The largest absolute Gasteiger partial charge is 0.465 e. The summed E-state index contributed by atoms with van der Waals surface area (Å²) in [5.41, 5.74) is 8.21. The van der Waals surface area contributed by atoms with E-state index in [0.29, 0.717) is 16.4 Å². The molecule has 0 aliphatic heterocycles. The third-order valence-corrected chi connectivity index (χ3v) is 4.28. The fraction of sp³-hybridized carbons (Fsp3) is 0.308. The molecular formula is C13H15N5O2S. The molecule has 7 nitrogen and oxygen atoms in total. The lowest BCUT2D eigenvalue weighted by Crippen LogP contribution is -2.08. The fourth-order valence-corrected chi connectivity index (χ4v) is 2.75. The van der Waals surface area contributed by atoms with Crippen LogP contribution in [0.1, 0.15) is 26.5 Å². The highest BCUT2D eigenvalue weighted by atomic mass is 32.1. The Hall–Kier alpha value is -2.53. The third kappa shape index (κ3) is 2.68. The molecule has 0 saturated carbocycles. The second-order valence-electron chi connectivity index (χ2n) is 4.38. The number of nitrogens with two attached hydrogens (primary N) is 1. The molecule has 0 unspecified atom stereocenters. The van der Waals surface area contributed by atoms with Crippen LogP contribution in [0, 0.1) is 18.3 Å². The van der Waals surface area contributed by atoms with Crippen LogP contribution >= 0.6 is 11.3 Å². The average Bonchev–Trinajstić information content (AvgIpc) is 2.97. The molecule has 0 atom stereocenters. The summed E-state index contributed by atoms with van der Waals surface area (Å²) in [6.07, 6.45) is 1.75. The smallest absolute Gasteiger partial charge is 0.343 e. The number of ether oxygens (including phenoxy) is 1. The number of aryl methyl sites for hydroxylation is 1. The van der Waals surface area contributed by atoms with E-state index >= 15 is 0 Å². The molecule has 0 radical (unpaired) electrons. The van der Waals surface area contributed by atoms with E-state index in [2.05, 4.69) is 10.4 Å². The van der Waals surface area contributed by atoms with Crippen LogP contribution in [0.2, 0.25) is 0 Å². The number of nitrogen functional groups attached to an aromatic ring is 1. The summed E-state index contributed by atoms with van der Waals surface area (Å²) in [7, 11) is 3.14. The van der Waals surface area contributed by atoms with E-state index in [1.54, 1.807) is 10.9 Å². The summed E-state index contributed by atoms with van der Waals surface area (Å²) >= 11 is 1.14. The molecule has 2 rings (SSSR count). The number of anilines is 2. The van der Waals surface area contributed by atoms with E-state index in [-0.39, 0.29) is 11.3 Å². The Labute approximate surface area is 125 Å². The van der Waals surface area contributed by atoms with E-state index in [1.807, 2.05) is 20.0 Å². The first kappa shape index (κ1) is 14.9. The first-order valence-electron chi connectivity index (χ1n) is 6.11. The molecule has 110 valence electrons. The number of hydrogen-bond acceptors (Lipinski definition) is 7. The van der Waals surface area contributed by atoms with Crippen molar-refractivity contribution in [3.8, 4) is 6.07 Å². The van der Waals surface area contributed by atoms with Crippen LogP contribution in [0.5, 0.6) is 0 Å². The summed E-state index contributed by atoms with van der Waals surface area (Å²) in [5, 5.41) is 16.8. The van der Waals surface area contributed by atoms with E-state index in [4.69, 9.17) is 15.7 Å². The maximum absolute atomic E-state index is 11.8. The SMILES string of the molecule is COC(=O)c1c(NCc2cnn(C)c2C)sc(C#N)c1N. The zero-order valence-corrected chi connectivity index (χ0v) is 12.7. The Bertz CT molecular complexity index is 726. The molecule has 0 aliphatic rings. The minimum Gasteiger partial charge on any atom is -0.465 e. The number of thiophene rings is 1. The first-order valence-corrected chi connectivity index (χ1v) is 6.93. The Balaban J connectivity index is 2.29. The van der Waals surface area contributed by atoms with Crippen LogP contribution < -0.4 is 11.1 Å². The van der Waals surface area contributed by atoms with Crippen molar-refractivity contribution in [2.45, 2.75) is 13.5 Å². The highest BCUT2D eigenvalue weighted by Crippen LogP contribution is 2.36. The maximum atomic E-state index is 11.8. The number of nitrogens with zero attached hydrogens (tertiary/aromatic N) is 3. The second-order valence-corrected chi connectivity index (χ2v) is 5.41. The lowest BCUT2D eigenvalue weighted by molar-refractivity contribution is 0.0603. The van der Waals surface area contributed by atoms with Crippen molar-refractivity contribution in [1.29, 1.82) is 5.26 Å². The zero-order valence-electron chi connectivity index (χ0n) is 11.9. The highest BCUT2D eigenvalue weighted by molar-refractivity contribution is 7.17. The summed E-state index contributed by atoms with van der Waals surface area (Å²) in [6.45, 7) is 2.43. The molecule has 2 aromatic rings. The first-order chi connectivity index (χ1) is 9.99. The summed E-state index contributed by atoms with van der Waals surface area (Å²) in [4.78, 5) is 12.1. The van der Waals surface area contributed by atoms with Crippen LogP contribution in [-0.2, 0) is 18.3 Å². The molecule has 0 spiro atoms. The van der Waals surface area contributed by atoms with Crippen molar-refractivity contribution in [3.63, 3.8) is 0 Å². The quantitative estimate of drug-likeness (QED) is 0.832. The summed E-state index contributed by atoms with van der Waals surface area (Å²) in [5.74, 6) is -0.560. The molecular weight excluding hydrogens is 290 g/mol. The van der Waals surface area contributed by atoms with Gasteiger partial charge in [0, 0.05) is 24.8 Å². The van der Waals surface area contributed by atoms with Gasteiger partial charge in [-0.2, -0.15) is 10.4 Å². The van der Waals surface area contributed by atoms with E-state index in [1.165, 1.54) is 7.11 Å². The fourth-order valence-electron chi connectivity index (χ4n) is 1.85. The van der Waals surface area contributed by atoms with E-state index in [9.17, 15) is 4.79 Å². The lowest BCUT2D eigenvalue weighted by atomic mass is 10.2. The Morgan fingerprint density at radius 3 is 2.90 bits per heavy atom. The molecule has 8 heteroatoms. The maximum Gasteiger partial charge on any atom is 0.343 e. The van der Waals surface area contributed by atoms with Gasteiger partial charge in [0.25, 0.3) is 0 Å². The van der Waals surface area contributed by atoms with Crippen molar-refractivity contribution in [2.24, 2.45) is 7.05 Å². The number of carbonyl (C=O) groups excluding carboxylic acids is 1. The molecule has 0 amide bonds. The lowest BCUT2D eigenvalue weighted by Gasteiger charge is -2.06. The van der Waals surface area contributed by atoms with Crippen LogP contribution in [0.4, 0.5) is 10.7 Å².